The number of ketones is 1. The Morgan fingerprint density at radius 3 is 2.32 bits per heavy atom. The molecule has 1 aliphatic heterocycles. The minimum absolute atomic E-state index is 0.0321. The lowest BCUT2D eigenvalue weighted by Crippen LogP contribution is -2.67. The quantitative estimate of drug-likeness (QED) is 0.127. The highest BCUT2D eigenvalue weighted by Crippen LogP contribution is 2.45. The molecule has 2 aromatic carbocycles. The summed E-state index contributed by atoms with van der Waals surface area (Å²) in [5, 5.41) is 73.7. The Morgan fingerprint density at radius 2 is 1.74 bits per heavy atom. The van der Waals surface area contributed by atoms with Gasteiger partial charge in [0.2, 0.25) is 6.29 Å². The smallest absolute Gasteiger partial charge is 0.335 e. The van der Waals surface area contributed by atoms with Crippen LogP contribution in [0, 0.1) is 6.92 Å². The SMILES string of the molecule is CCCCCCCC1(O)C(CO)OC(Oc2cc(C(=O)O)cc3c(O)c(C)c(C(C)=O)c(O)c23)C(O)C1O. The number of aliphatic hydroxyl groups excluding tert-OH is 3. The minimum atomic E-state index is -1.98. The first-order chi connectivity index (χ1) is 17.9. The summed E-state index contributed by atoms with van der Waals surface area (Å²) >= 11 is 0. The summed E-state index contributed by atoms with van der Waals surface area (Å²) in [6, 6.07) is 2.10. The lowest BCUT2D eigenvalue weighted by atomic mass is 9.80. The van der Waals surface area contributed by atoms with Crippen LogP contribution in [-0.2, 0) is 4.74 Å². The van der Waals surface area contributed by atoms with Crippen molar-refractivity contribution in [3.05, 3.63) is 28.8 Å². The second-order valence-electron chi connectivity index (χ2n) is 9.84. The van der Waals surface area contributed by atoms with Gasteiger partial charge in [0.15, 0.2) is 5.78 Å². The van der Waals surface area contributed by atoms with Crippen LogP contribution >= 0.6 is 0 Å². The molecule has 0 spiro atoms. The van der Waals surface area contributed by atoms with Crippen molar-refractivity contribution < 1.29 is 54.8 Å². The Morgan fingerprint density at radius 1 is 1.08 bits per heavy atom. The van der Waals surface area contributed by atoms with Crippen molar-refractivity contribution in [2.45, 2.75) is 89.5 Å². The zero-order valence-electron chi connectivity index (χ0n) is 21.7. The highest BCUT2D eigenvalue weighted by Gasteiger charge is 2.55. The van der Waals surface area contributed by atoms with Crippen LogP contribution in [0.15, 0.2) is 12.1 Å². The van der Waals surface area contributed by atoms with Crippen molar-refractivity contribution in [2.24, 2.45) is 0 Å². The van der Waals surface area contributed by atoms with E-state index < -0.39 is 60.1 Å². The molecule has 7 N–H and O–H groups in total. The second kappa shape index (κ2) is 11.8. The number of carbonyl (C=O) groups excluding carboxylic acids is 1. The lowest BCUT2D eigenvalue weighted by Gasteiger charge is -2.47. The maximum atomic E-state index is 12.2. The standard InChI is InChI=1S/C27H36O11/c1-4-5-6-7-8-9-27(36)18(12-28)38-26(23(32)24(27)33)37-17-11-15(25(34)35)10-16-20(17)22(31)19(14(3)29)13(2)21(16)30/h10-11,18,23-24,26,28,30-33,36H,4-9,12H2,1-3H3,(H,34,35). The molecule has 1 saturated heterocycles. The molecule has 0 bridgehead atoms. The number of fused-ring (bicyclic) bond motifs is 1. The molecule has 3 rings (SSSR count). The Balaban J connectivity index is 2.03. The fourth-order valence-corrected chi connectivity index (χ4v) is 5.06. The summed E-state index contributed by atoms with van der Waals surface area (Å²) in [4.78, 5) is 24.0. The lowest BCUT2D eigenvalue weighted by molar-refractivity contribution is -0.315. The normalized spacial score (nSPS) is 25.4. The number of unbranched alkanes of at least 4 members (excludes halogenated alkanes) is 4. The van der Waals surface area contributed by atoms with Crippen LogP contribution in [0.25, 0.3) is 10.8 Å². The number of aromatic hydroxyl groups is 2. The van der Waals surface area contributed by atoms with Crippen molar-refractivity contribution >= 4 is 22.5 Å². The number of carboxylic acids is 1. The summed E-state index contributed by atoms with van der Waals surface area (Å²) in [7, 11) is 0. The summed E-state index contributed by atoms with van der Waals surface area (Å²) in [5.74, 6) is -3.36. The largest absolute Gasteiger partial charge is 0.507 e. The molecule has 0 saturated carbocycles. The van der Waals surface area contributed by atoms with E-state index in [1.165, 1.54) is 13.8 Å². The van der Waals surface area contributed by atoms with E-state index >= 15 is 0 Å². The van der Waals surface area contributed by atoms with Gasteiger partial charge in [0, 0.05) is 10.9 Å². The number of carbonyl (C=O) groups is 2. The Bertz CT molecular complexity index is 1190. The van der Waals surface area contributed by atoms with Crippen LogP contribution in [-0.4, -0.2) is 84.3 Å². The summed E-state index contributed by atoms with van der Waals surface area (Å²) in [6.07, 6.45) is -2.43. The number of Topliss-reactive ketones (excluding diaryl/α,β-unsaturated/α-hetero) is 1. The zero-order valence-corrected chi connectivity index (χ0v) is 21.7. The van der Waals surface area contributed by atoms with E-state index in [1.807, 2.05) is 0 Å². The zero-order chi connectivity index (χ0) is 28.4. The van der Waals surface area contributed by atoms with E-state index in [2.05, 4.69) is 6.92 Å². The van der Waals surface area contributed by atoms with Crippen molar-refractivity contribution in [3.63, 3.8) is 0 Å². The molecule has 2 aromatic rings. The number of rotatable bonds is 11. The van der Waals surface area contributed by atoms with Crippen LogP contribution in [0.4, 0.5) is 0 Å². The molecular formula is C27H36O11. The van der Waals surface area contributed by atoms with Gasteiger partial charge in [-0.3, -0.25) is 4.79 Å². The molecular weight excluding hydrogens is 500 g/mol. The first-order valence-corrected chi connectivity index (χ1v) is 12.7. The number of aliphatic hydroxyl groups is 4. The van der Waals surface area contributed by atoms with Crippen LogP contribution < -0.4 is 4.74 Å². The number of hydrogen-bond donors (Lipinski definition) is 7. The molecule has 38 heavy (non-hydrogen) atoms. The number of aromatic carboxylic acids is 1. The minimum Gasteiger partial charge on any atom is -0.507 e. The molecule has 1 heterocycles. The first kappa shape index (κ1) is 29.6. The number of carboxylic acid groups (broad SMARTS) is 1. The summed E-state index contributed by atoms with van der Waals surface area (Å²) < 4.78 is 11.4. The molecule has 11 heteroatoms. The highest BCUT2D eigenvalue weighted by molar-refractivity contribution is 6.11. The molecule has 0 amide bonds. The van der Waals surface area contributed by atoms with Gasteiger partial charge < -0.3 is 45.2 Å². The third kappa shape index (κ3) is 5.43. The molecule has 0 aliphatic carbocycles. The summed E-state index contributed by atoms with van der Waals surface area (Å²) in [5.41, 5.74) is -2.50. The Labute approximate surface area is 219 Å². The maximum Gasteiger partial charge on any atom is 0.335 e. The molecule has 1 aliphatic rings. The third-order valence-electron chi connectivity index (χ3n) is 7.22. The first-order valence-electron chi connectivity index (χ1n) is 12.7. The highest BCUT2D eigenvalue weighted by atomic mass is 16.7. The van der Waals surface area contributed by atoms with Gasteiger partial charge in [0.05, 0.1) is 23.1 Å². The number of hydrogen-bond acceptors (Lipinski definition) is 10. The van der Waals surface area contributed by atoms with E-state index in [9.17, 15) is 45.3 Å². The van der Waals surface area contributed by atoms with Crippen molar-refractivity contribution in [1.82, 2.24) is 0 Å². The fourth-order valence-electron chi connectivity index (χ4n) is 5.06. The van der Waals surface area contributed by atoms with E-state index in [-0.39, 0.29) is 39.6 Å². The maximum absolute atomic E-state index is 12.2. The predicted molar refractivity (Wildman–Crippen MR) is 136 cm³/mol. The van der Waals surface area contributed by atoms with Gasteiger partial charge in [-0.15, -0.1) is 0 Å². The molecule has 0 radical (unpaired) electrons. The van der Waals surface area contributed by atoms with E-state index in [0.717, 1.165) is 37.8 Å². The number of ether oxygens (including phenoxy) is 2. The van der Waals surface area contributed by atoms with Crippen molar-refractivity contribution in [3.8, 4) is 17.2 Å². The van der Waals surface area contributed by atoms with Gasteiger partial charge in [-0.25, -0.2) is 4.79 Å². The van der Waals surface area contributed by atoms with E-state index in [0.29, 0.717) is 6.42 Å². The van der Waals surface area contributed by atoms with Crippen LogP contribution in [0.3, 0.4) is 0 Å². The van der Waals surface area contributed by atoms with Crippen LogP contribution in [0.1, 0.15) is 78.7 Å². The average Bonchev–Trinajstić information content (AvgIpc) is 2.87. The van der Waals surface area contributed by atoms with Gasteiger partial charge in [-0.2, -0.15) is 0 Å². The van der Waals surface area contributed by atoms with Crippen LogP contribution in [0.5, 0.6) is 17.2 Å². The molecule has 11 nitrogen and oxygen atoms in total. The second-order valence-corrected chi connectivity index (χ2v) is 9.84. The van der Waals surface area contributed by atoms with Gasteiger partial charge in [-0.1, -0.05) is 39.0 Å². The van der Waals surface area contributed by atoms with Gasteiger partial charge in [0.1, 0.15) is 41.2 Å². The van der Waals surface area contributed by atoms with Crippen LogP contribution in [0.2, 0.25) is 0 Å². The molecule has 5 unspecified atom stereocenters. The third-order valence-corrected chi connectivity index (χ3v) is 7.22. The monoisotopic (exact) mass is 536 g/mol. The number of phenols is 2. The number of benzene rings is 2. The Hall–Kier alpha value is -2.96. The average molecular weight is 537 g/mol. The van der Waals surface area contributed by atoms with Gasteiger partial charge in [0.25, 0.3) is 0 Å². The molecule has 1 fully saturated rings. The van der Waals surface area contributed by atoms with Gasteiger partial charge >= 0.3 is 5.97 Å². The Kier molecular flexibility index (Phi) is 9.21. The number of phenolic OH excluding ortho intramolecular Hbond substituents is 2. The molecule has 5 atom stereocenters. The fraction of sp³-hybridized carbons (Fsp3) is 0.556. The van der Waals surface area contributed by atoms with E-state index in [4.69, 9.17) is 9.47 Å². The van der Waals surface area contributed by atoms with Crippen molar-refractivity contribution in [2.75, 3.05) is 6.61 Å². The summed E-state index contributed by atoms with van der Waals surface area (Å²) in [6.45, 7) is 3.91. The molecule has 210 valence electrons. The molecule has 0 aromatic heterocycles. The van der Waals surface area contributed by atoms with Gasteiger partial charge in [-0.05, 0) is 32.4 Å². The van der Waals surface area contributed by atoms with Crippen molar-refractivity contribution in [1.29, 1.82) is 0 Å². The predicted octanol–water partition coefficient (Wildman–Crippen LogP) is 2.37. The van der Waals surface area contributed by atoms with E-state index in [1.54, 1.807) is 0 Å². The topological polar surface area (TPSA) is 194 Å².